The lowest BCUT2D eigenvalue weighted by Gasteiger charge is -2.10. The number of benzene rings is 2. The van der Waals surface area contributed by atoms with E-state index in [-0.39, 0.29) is 0 Å². The Kier molecular flexibility index (Phi) is 3.86. The van der Waals surface area contributed by atoms with Crippen LogP contribution < -0.4 is 4.74 Å². The second kappa shape index (κ2) is 5.57. The largest absolute Gasteiger partial charge is 0.489 e. The molecule has 0 aromatic heterocycles. The third-order valence-corrected chi connectivity index (χ3v) is 3.00. The summed E-state index contributed by atoms with van der Waals surface area (Å²) in [5, 5.41) is 9.52. The maximum absolute atomic E-state index is 9.06. The highest BCUT2D eigenvalue weighted by Gasteiger charge is 2.07. The summed E-state index contributed by atoms with van der Waals surface area (Å²) in [6, 6.07) is 15.3. The first kappa shape index (κ1) is 12.5. The van der Waals surface area contributed by atoms with Crippen molar-refractivity contribution in [3.8, 4) is 11.8 Å². The van der Waals surface area contributed by atoms with Gasteiger partial charge in [0.2, 0.25) is 0 Å². The molecule has 18 heavy (non-hydrogen) atoms. The Bertz CT molecular complexity index is 602. The zero-order valence-electron chi connectivity index (χ0n) is 9.98. The first-order valence-corrected chi connectivity index (χ1v) is 5.96. The van der Waals surface area contributed by atoms with Crippen LogP contribution in [-0.4, -0.2) is 0 Å². The van der Waals surface area contributed by atoms with E-state index in [1.165, 1.54) is 0 Å². The number of halogens is 1. The molecule has 0 radical (unpaired) electrons. The van der Waals surface area contributed by atoms with Gasteiger partial charge in [0, 0.05) is 5.56 Å². The Balaban J connectivity index is 2.19. The minimum absolute atomic E-state index is 0.342. The van der Waals surface area contributed by atoms with Crippen LogP contribution in [0.25, 0.3) is 0 Å². The zero-order valence-corrected chi connectivity index (χ0v) is 10.7. The monoisotopic (exact) mass is 257 g/mol. The molecule has 0 aliphatic heterocycles. The van der Waals surface area contributed by atoms with Gasteiger partial charge in [-0.1, -0.05) is 41.9 Å². The van der Waals surface area contributed by atoms with Crippen molar-refractivity contribution in [3.63, 3.8) is 0 Å². The SMILES string of the molecule is Cc1ccccc1OCc1cccc(Cl)c1C#N. The summed E-state index contributed by atoms with van der Waals surface area (Å²) >= 11 is 5.96. The molecule has 0 saturated heterocycles. The summed E-state index contributed by atoms with van der Waals surface area (Å²) in [5.41, 5.74) is 2.35. The van der Waals surface area contributed by atoms with Crippen molar-refractivity contribution in [1.82, 2.24) is 0 Å². The van der Waals surface area contributed by atoms with E-state index in [1.807, 2.05) is 43.3 Å². The molecular formula is C15H12ClNO. The van der Waals surface area contributed by atoms with Gasteiger partial charge in [-0.3, -0.25) is 0 Å². The van der Waals surface area contributed by atoms with E-state index < -0.39 is 0 Å². The Labute approximate surface area is 111 Å². The third-order valence-electron chi connectivity index (χ3n) is 2.69. The molecule has 0 amide bonds. The van der Waals surface area contributed by atoms with Crippen LogP contribution >= 0.6 is 11.6 Å². The van der Waals surface area contributed by atoms with Gasteiger partial charge < -0.3 is 4.74 Å². The second-order valence-corrected chi connectivity index (χ2v) is 4.35. The lowest BCUT2D eigenvalue weighted by atomic mass is 10.1. The molecule has 0 unspecified atom stereocenters. The van der Waals surface area contributed by atoms with E-state index in [1.54, 1.807) is 6.07 Å². The molecule has 2 aromatic rings. The van der Waals surface area contributed by atoms with Gasteiger partial charge in [0.1, 0.15) is 18.4 Å². The average Bonchev–Trinajstić information content (AvgIpc) is 2.38. The quantitative estimate of drug-likeness (QED) is 0.829. The highest BCUT2D eigenvalue weighted by molar-refractivity contribution is 6.31. The van der Waals surface area contributed by atoms with E-state index in [0.717, 1.165) is 16.9 Å². The van der Waals surface area contributed by atoms with Crippen LogP contribution in [0.15, 0.2) is 42.5 Å². The fourth-order valence-corrected chi connectivity index (χ4v) is 1.92. The van der Waals surface area contributed by atoms with Crippen LogP contribution in [0, 0.1) is 18.3 Å². The summed E-state index contributed by atoms with van der Waals surface area (Å²) in [4.78, 5) is 0. The molecule has 0 atom stereocenters. The smallest absolute Gasteiger partial charge is 0.122 e. The van der Waals surface area contributed by atoms with Crippen molar-refractivity contribution in [1.29, 1.82) is 5.26 Å². The highest BCUT2D eigenvalue weighted by atomic mass is 35.5. The molecule has 0 aliphatic rings. The van der Waals surface area contributed by atoms with E-state index >= 15 is 0 Å². The molecule has 2 aromatic carbocycles. The van der Waals surface area contributed by atoms with Gasteiger partial charge >= 0.3 is 0 Å². The predicted octanol–water partition coefficient (Wildman–Crippen LogP) is 4.10. The van der Waals surface area contributed by atoms with Crippen molar-refractivity contribution in [2.24, 2.45) is 0 Å². The first-order chi connectivity index (χ1) is 8.72. The molecule has 0 bridgehead atoms. The van der Waals surface area contributed by atoms with Crippen molar-refractivity contribution >= 4 is 11.6 Å². The van der Waals surface area contributed by atoms with E-state index in [9.17, 15) is 0 Å². The molecule has 0 fully saturated rings. The van der Waals surface area contributed by atoms with Gasteiger partial charge in [0.25, 0.3) is 0 Å². The number of ether oxygens (including phenoxy) is 1. The van der Waals surface area contributed by atoms with Crippen LogP contribution in [-0.2, 0) is 6.61 Å². The number of hydrogen-bond donors (Lipinski definition) is 0. The molecule has 2 rings (SSSR count). The maximum atomic E-state index is 9.06. The first-order valence-electron chi connectivity index (χ1n) is 5.58. The molecule has 0 aliphatic carbocycles. The van der Waals surface area contributed by atoms with E-state index in [2.05, 4.69) is 6.07 Å². The maximum Gasteiger partial charge on any atom is 0.122 e. The van der Waals surface area contributed by atoms with Crippen molar-refractivity contribution < 1.29 is 4.74 Å². The van der Waals surface area contributed by atoms with Gasteiger partial charge in [0.05, 0.1) is 10.6 Å². The number of nitrogens with zero attached hydrogens (tertiary/aromatic N) is 1. The summed E-state index contributed by atoms with van der Waals surface area (Å²) in [5.74, 6) is 0.821. The van der Waals surface area contributed by atoms with Crippen molar-refractivity contribution in [2.45, 2.75) is 13.5 Å². The number of nitriles is 1. The summed E-state index contributed by atoms with van der Waals surface area (Å²) in [6.07, 6.45) is 0. The topological polar surface area (TPSA) is 33.0 Å². The average molecular weight is 258 g/mol. The fourth-order valence-electron chi connectivity index (χ4n) is 1.69. The Morgan fingerprint density at radius 2 is 1.94 bits per heavy atom. The summed E-state index contributed by atoms with van der Waals surface area (Å²) < 4.78 is 5.71. The molecule has 0 heterocycles. The number of hydrogen-bond acceptors (Lipinski definition) is 2. The Hall–Kier alpha value is -1.98. The lowest BCUT2D eigenvalue weighted by molar-refractivity contribution is 0.304. The van der Waals surface area contributed by atoms with Crippen molar-refractivity contribution in [2.75, 3.05) is 0 Å². The molecule has 90 valence electrons. The lowest BCUT2D eigenvalue weighted by Crippen LogP contribution is -1.99. The number of aryl methyl sites for hydroxylation is 1. The fraction of sp³-hybridized carbons (Fsp3) is 0.133. The third kappa shape index (κ3) is 2.64. The Morgan fingerprint density at radius 1 is 1.17 bits per heavy atom. The van der Waals surface area contributed by atoms with Gasteiger partial charge in [-0.05, 0) is 24.6 Å². The van der Waals surface area contributed by atoms with Crippen LogP contribution in [0.2, 0.25) is 5.02 Å². The molecule has 0 N–H and O–H groups in total. The number of rotatable bonds is 3. The predicted molar refractivity (Wildman–Crippen MR) is 71.7 cm³/mol. The van der Waals surface area contributed by atoms with Gasteiger partial charge in [-0.2, -0.15) is 5.26 Å². The standard InChI is InChI=1S/C15H12ClNO/c1-11-5-2-3-8-15(11)18-10-12-6-4-7-14(16)13(12)9-17/h2-8H,10H2,1H3. The normalized spacial score (nSPS) is 9.83. The number of para-hydroxylation sites is 1. The van der Waals surface area contributed by atoms with E-state index in [4.69, 9.17) is 21.6 Å². The van der Waals surface area contributed by atoms with Crippen LogP contribution in [0.3, 0.4) is 0 Å². The molecular weight excluding hydrogens is 246 g/mol. The van der Waals surface area contributed by atoms with Gasteiger partial charge in [-0.25, -0.2) is 0 Å². The summed E-state index contributed by atoms with van der Waals surface area (Å²) in [6.45, 7) is 2.33. The van der Waals surface area contributed by atoms with Crippen LogP contribution in [0.4, 0.5) is 0 Å². The molecule has 0 spiro atoms. The minimum Gasteiger partial charge on any atom is -0.489 e. The zero-order chi connectivity index (χ0) is 13.0. The van der Waals surface area contributed by atoms with Crippen molar-refractivity contribution in [3.05, 3.63) is 64.2 Å². The van der Waals surface area contributed by atoms with Crippen LogP contribution in [0.1, 0.15) is 16.7 Å². The molecule has 3 heteroatoms. The van der Waals surface area contributed by atoms with Gasteiger partial charge in [0.15, 0.2) is 0 Å². The second-order valence-electron chi connectivity index (χ2n) is 3.94. The molecule has 2 nitrogen and oxygen atoms in total. The summed E-state index contributed by atoms with van der Waals surface area (Å²) in [7, 11) is 0. The van der Waals surface area contributed by atoms with E-state index in [0.29, 0.717) is 17.2 Å². The minimum atomic E-state index is 0.342. The Morgan fingerprint density at radius 3 is 2.67 bits per heavy atom. The highest BCUT2D eigenvalue weighted by Crippen LogP contribution is 2.22. The van der Waals surface area contributed by atoms with Gasteiger partial charge in [-0.15, -0.1) is 0 Å². The molecule has 0 saturated carbocycles. The van der Waals surface area contributed by atoms with Crippen LogP contribution in [0.5, 0.6) is 5.75 Å².